The monoisotopic (exact) mass is 230 g/mol. The first-order chi connectivity index (χ1) is 7.02. The van der Waals surface area contributed by atoms with Crippen LogP contribution in [-0.2, 0) is 14.3 Å². The van der Waals surface area contributed by atoms with Crippen LogP contribution in [-0.4, -0.2) is 45.8 Å². The Hall–Kier alpha value is -1.05. The molecule has 82 valence electrons. The minimum Gasteiger partial charge on any atom is -0.477 e. The molecule has 0 spiro atoms. The zero-order valence-corrected chi connectivity index (χ0v) is 8.78. The van der Waals surface area contributed by atoms with Gasteiger partial charge in [-0.1, -0.05) is 0 Å². The molecule has 1 fully saturated rings. The van der Waals surface area contributed by atoms with Crippen LogP contribution in [0.5, 0.6) is 0 Å². The molecule has 1 unspecified atom stereocenters. The average Bonchev–Trinajstić information content (AvgIpc) is 2.26. The summed E-state index contributed by atoms with van der Waals surface area (Å²) in [6.45, 7) is 0. The van der Waals surface area contributed by atoms with Gasteiger partial charge < -0.3 is 9.84 Å². The van der Waals surface area contributed by atoms with Gasteiger partial charge in [-0.25, -0.2) is 4.79 Å². The van der Waals surface area contributed by atoms with E-state index in [0.717, 1.165) is 0 Å². The topological polar surface area (TPSA) is 92.9 Å². The second kappa shape index (κ2) is 3.22. The predicted octanol–water partition coefficient (Wildman–Crippen LogP) is -0.829. The highest BCUT2D eigenvalue weighted by atomic mass is 32.2. The first-order valence-corrected chi connectivity index (χ1v) is 5.30. The molecule has 0 saturated carbocycles. The highest BCUT2D eigenvalue weighted by Gasteiger charge is 2.62. The summed E-state index contributed by atoms with van der Waals surface area (Å²) in [5, 5.41) is 8.43. The lowest BCUT2D eigenvalue weighted by Crippen LogP contribution is -2.78. The number of hydrogen-bond donors (Lipinski definition) is 2. The van der Waals surface area contributed by atoms with E-state index in [0.29, 0.717) is 5.75 Å². The highest BCUT2D eigenvalue weighted by molar-refractivity contribution is 8.00. The lowest BCUT2D eigenvalue weighted by Gasteiger charge is -2.53. The second-order valence-electron chi connectivity index (χ2n) is 3.25. The fraction of sp³-hybridized carbons (Fsp3) is 0.500. The van der Waals surface area contributed by atoms with Gasteiger partial charge in [-0.3, -0.25) is 15.4 Å². The van der Waals surface area contributed by atoms with E-state index in [4.69, 9.17) is 15.6 Å². The lowest BCUT2D eigenvalue weighted by atomic mass is 10.0. The van der Waals surface area contributed by atoms with Crippen LogP contribution >= 0.6 is 11.8 Å². The molecule has 2 rings (SSSR count). The molecule has 1 amide bonds. The molecule has 1 saturated heterocycles. The van der Waals surface area contributed by atoms with Gasteiger partial charge in [-0.05, 0) is 6.08 Å². The Bertz CT molecular complexity index is 370. The van der Waals surface area contributed by atoms with Crippen LogP contribution in [0.4, 0.5) is 0 Å². The number of carbonyl (C=O) groups is 2. The van der Waals surface area contributed by atoms with Gasteiger partial charge in [-0.15, -0.1) is 11.8 Å². The highest BCUT2D eigenvalue weighted by Crippen LogP contribution is 2.42. The number of thioether (sulfide) groups is 1. The molecule has 0 radical (unpaired) electrons. The molecule has 2 aliphatic rings. The Morgan fingerprint density at radius 3 is 3.07 bits per heavy atom. The summed E-state index contributed by atoms with van der Waals surface area (Å²) in [5.74, 6) is -1.11. The van der Waals surface area contributed by atoms with E-state index >= 15 is 0 Å². The molecule has 6 nitrogen and oxygen atoms in total. The zero-order valence-electron chi connectivity index (χ0n) is 7.97. The summed E-state index contributed by atoms with van der Waals surface area (Å²) in [6, 6.07) is 0. The zero-order chi connectivity index (χ0) is 11.2. The van der Waals surface area contributed by atoms with Crippen LogP contribution in [0.2, 0.25) is 0 Å². The number of ether oxygens (including phenoxy) is 1. The summed E-state index contributed by atoms with van der Waals surface area (Å²) in [7, 11) is 1.34. The van der Waals surface area contributed by atoms with E-state index in [1.807, 2.05) is 0 Å². The van der Waals surface area contributed by atoms with Gasteiger partial charge >= 0.3 is 5.97 Å². The molecule has 2 aliphatic heterocycles. The number of rotatable bonds is 2. The van der Waals surface area contributed by atoms with Crippen molar-refractivity contribution in [2.45, 2.75) is 11.1 Å². The number of carboxylic acid groups (broad SMARTS) is 1. The molecule has 0 aromatic rings. The van der Waals surface area contributed by atoms with Gasteiger partial charge in [0, 0.05) is 12.9 Å². The molecule has 3 N–H and O–H groups in total. The number of β-lactam (4-membered cyclic amide) rings is 1. The molecular formula is C8H10N2O4S. The van der Waals surface area contributed by atoms with Gasteiger partial charge in [0.2, 0.25) is 5.72 Å². The minimum atomic E-state index is -1.38. The Balaban J connectivity index is 2.31. The van der Waals surface area contributed by atoms with Gasteiger partial charge in [0.05, 0.1) is 0 Å². The van der Waals surface area contributed by atoms with Gasteiger partial charge in [0.1, 0.15) is 11.1 Å². The van der Waals surface area contributed by atoms with Gasteiger partial charge in [0.25, 0.3) is 5.91 Å². The third-order valence-electron chi connectivity index (χ3n) is 2.50. The molecule has 7 heteroatoms. The first kappa shape index (κ1) is 10.5. The summed E-state index contributed by atoms with van der Waals surface area (Å²) < 4.78 is 4.93. The standard InChI is InChI=1S/C8H10N2O4S/c1-14-8(9)6(13)10-4(5(11)12)2-3-15-7(8)10/h2,7H,3,9H2,1H3,(H,11,12)/t7-,8?/m1/s1. The van der Waals surface area contributed by atoms with E-state index in [-0.39, 0.29) is 5.70 Å². The number of nitrogens with zero attached hydrogens (tertiary/aromatic N) is 1. The summed E-state index contributed by atoms with van der Waals surface area (Å²) in [5.41, 5.74) is 4.32. The number of carbonyl (C=O) groups excluding carboxylic acids is 1. The van der Waals surface area contributed by atoms with Crippen molar-refractivity contribution in [2.24, 2.45) is 5.73 Å². The van der Waals surface area contributed by atoms with E-state index < -0.39 is 23.0 Å². The maximum Gasteiger partial charge on any atom is 0.352 e. The van der Waals surface area contributed by atoms with Crippen molar-refractivity contribution in [1.29, 1.82) is 0 Å². The number of nitrogens with two attached hydrogens (primary N) is 1. The normalized spacial score (nSPS) is 34.3. The molecule has 0 aromatic heterocycles. The van der Waals surface area contributed by atoms with Crippen molar-refractivity contribution < 1.29 is 19.4 Å². The van der Waals surface area contributed by atoms with Crippen molar-refractivity contribution in [1.82, 2.24) is 4.90 Å². The van der Waals surface area contributed by atoms with E-state index in [1.54, 1.807) is 0 Å². The number of carboxylic acids is 1. The van der Waals surface area contributed by atoms with Crippen LogP contribution in [0, 0.1) is 0 Å². The molecule has 2 heterocycles. The number of fused-ring (bicyclic) bond motifs is 1. The smallest absolute Gasteiger partial charge is 0.352 e. The van der Waals surface area contributed by atoms with Crippen LogP contribution in [0.15, 0.2) is 11.8 Å². The van der Waals surface area contributed by atoms with Crippen molar-refractivity contribution in [3.05, 3.63) is 11.8 Å². The molecule has 2 atom stereocenters. The van der Waals surface area contributed by atoms with Gasteiger partial charge in [-0.2, -0.15) is 0 Å². The van der Waals surface area contributed by atoms with Crippen molar-refractivity contribution in [2.75, 3.05) is 12.9 Å². The van der Waals surface area contributed by atoms with Crippen molar-refractivity contribution >= 4 is 23.6 Å². The average molecular weight is 230 g/mol. The summed E-state index contributed by atoms with van der Waals surface area (Å²) in [4.78, 5) is 23.6. The Labute approximate surface area is 90.0 Å². The van der Waals surface area contributed by atoms with Crippen LogP contribution in [0.3, 0.4) is 0 Å². The number of methoxy groups -OCH3 is 1. The predicted molar refractivity (Wildman–Crippen MR) is 52.7 cm³/mol. The maximum atomic E-state index is 11.6. The van der Waals surface area contributed by atoms with E-state index in [9.17, 15) is 9.59 Å². The Morgan fingerprint density at radius 2 is 2.53 bits per heavy atom. The fourth-order valence-electron chi connectivity index (χ4n) is 1.66. The quantitative estimate of drug-likeness (QED) is 0.475. The Kier molecular flexibility index (Phi) is 2.25. The first-order valence-electron chi connectivity index (χ1n) is 4.25. The Morgan fingerprint density at radius 1 is 1.87 bits per heavy atom. The number of aliphatic carboxylic acids is 1. The van der Waals surface area contributed by atoms with Crippen LogP contribution < -0.4 is 5.73 Å². The molecule has 15 heavy (non-hydrogen) atoms. The fourth-order valence-corrected chi connectivity index (χ4v) is 2.89. The third kappa shape index (κ3) is 1.20. The summed E-state index contributed by atoms with van der Waals surface area (Å²) in [6.07, 6.45) is 1.50. The molecular weight excluding hydrogens is 220 g/mol. The number of amides is 1. The van der Waals surface area contributed by atoms with Gasteiger partial charge in [0.15, 0.2) is 0 Å². The lowest BCUT2D eigenvalue weighted by molar-refractivity contribution is -0.182. The molecule has 0 bridgehead atoms. The SMILES string of the molecule is COC1(N)C(=O)N2C(C(=O)O)=CCS[C@@H]21. The summed E-state index contributed by atoms with van der Waals surface area (Å²) >= 11 is 1.38. The van der Waals surface area contributed by atoms with Crippen molar-refractivity contribution in [3.63, 3.8) is 0 Å². The molecule has 0 aromatic carbocycles. The van der Waals surface area contributed by atoms with E-state index in [1.165, 1.54) is 29.8 Å². The van der Waals surface area contributed by atoms with Crippen LogP contribution in [0.1, 0.15) is 0 Å². The largest absolute Gasteiger partial charge is 0.477 e. The third-order valence-corrected chi connectivity index (χ3v) is 3.74. The number of hydrogen-bond acceptors (Lipinski definition) is 5. The maximum absolute atomic E-state index is 11.6. The van der Waals surface area contributed by atoms with Crippen molar-refractivity contribution in [3.8, 4) is 0 Å². The minimum absolute atomic E-state index is 0.0122. The van der Waals surface area contributed by atoms with E-state index in [2.05, 4.69) is 0 Å². The molecule has 0 aliphatic carbocycles. The van der Waals surface area contributed by atoms with Crippen LogP contribution in [0.25, 0.3) is 0 Å². The second-order valence-corrected chi connectivity index (χ2v) is 4.37.